The van der Waals surface area contributed by atoms with E-state index in [1.165, 1.54) is 4.88 Å². The van der Waals surface area contributed by atoms with Crippen LogP contribution in [0.3, 0.4) is 0 Å². The predicted molar refractivity (Wildman–Crippen MR) is 75.9 cm³/mol. The second-order valence-electron chi connectivity index (χ2n) is 4.20. The number of rotatable bonds is 5. The third kappa shape index (κ3) is 2.86. The number of nitrogens with one attached hydrogen (secondary N) is 1. The lowest BCUT2D eigenvalue weighted by Crippen LogP contribution is -2.22. The molecule has 0 aliphatic heterocycles. The van der Waals surface area contributed by atoms with Crippen LogP contribution < -0.4 is 10.2 Å². The number of nitrogens with zero attached hydrogens (tertiary/aromatic N) is 3. The lowest BCUT2D eigenvalue weighted by Gasteiger charge is -2.25. The third-order valence-electron chi connectivity index (χ3n) is 2.93. The minimum atomic E-state index is 0.309. The molecule has 1 N–H and O–H groups in total. The summed E-state index contributed by atoms with van der Waals surface area (Å²) in [4.78, 5) is 12.3. The maximum atomic E-state index is 4.60. The van der Waals surface area contributed by atoms with Crippen molar-refractivity contribution in [3.63, 3.8) is 0 Å². The van der Waals surface area contributed by atoms with Crippen molar-refractivity contribution in [1.29, 1.82) is 0 Å². The molecule has 2 heterocycles. The fraction of sp³-hybridized carbons (Fsp3) is 0.385. The van der Waals surface area contributed by atoms with Crippen molar-refractivity contribution in [3.05, 3.63) is 40.5 Å². The van der Waals surface area contributed by atoms with Gasteiger partial charge in [-0.2, -0.15) is 0 Å². The zero-order valence-corrected chi connectivity index (χ0v) is 11.7. The van der Waals surface area contributed by atoms with Gasteiger partial charge in [0, 0.05) is 24.7 Å². The Morgan fingerprint density at radius 2 is 2.28 bits per heavy atom. The molecule has 1 unspecified atom stereocenters. The van der Waals surface area contributed by atoms with Crippen LogP contribution in [0.4, 0.5) is 5.82 Å². The van der Waals surface area contributed by atoms with Crippen LogP contribution in [0.15, 0.2) is 29.9 Å². The first-order valence-corrected chi connectivity index (χ1v) is 6.82. The topological polar surface area (TPSA) is 41.1 Å². The van der Waals surface area contributed by atoms with Gasteiger partial charge in [-0.25, -0.2) is 4.98 Å². The molecule has 0 aliphatic rings. The van der Waals surface area contributed by atoms with E-state index in [0.717, 1.165) is 18.1 Å². The molecule has 1 atom stereocenters. The summed E-state index contributed by atoms with van der Waals surface area (Å²) >= 11 is 1.77. The van der Waals surface area contributed by atoms with Gasteiger partial charge in [0.15, 0.2) is 0 Å². The minimum absolute atomic E-state index is 0.309. The Bertz CT molecular complexity index is 483. The molecule has 0 bridgehead atoms. The van der Waals surface area contributed by atoms with Crippen LogP contribution >= 0.6 is 11.3 Å². The van der Waals surface area contributed by atoms with Crippen molar-refractivity contribution in [2.75, 3.05) is 19.0 Å². The molecule has 0 fully saturated rings. The van der Waals surface area contributed by atoms with Crippen LogP contribution in [-0.2, 0) is 6.54 Å². The van der Waals surface area contributed by atoms with Gasteiger partial charge >= 0.3 is 0 Å². The van der Waals surface area contributed by atoms with Gasteiger partial charge < -0.3 is 10.2 Å². The van der Waals surface area contributed by atoms with Gasteiger partial charge in [-0.1, -0.05) is 6.07 Å². The van der Waals surface area contributed by atoms with Crippen molar-refractivity contribution in [1.82, 2.24) is 15.3 Å². The van der Waals surface area contributed by atoms with Gasteiger partial charge in [0.25, 0.3) is 0 Å². The van der Waals surface area contributed by atoms with Gasteiger partial charge in [0.05, 0.1) is 17.9 Å². The Hall–Kier alpha value is -1.46. The molecule has 0 aromatic carbocycles. The predicted octanol–water partition coefficient (Wildman–Crippen LogP) is 2.45. The van der Waals surface area contributed by atoms with Crippen LogP contribution in [0.1, 0.15) is 23.5 Å². The van der Waals surface area contributed by atoms with Crippen LogP contribution in [0.2, 0.25) is 0 Å². The van der Waals surface area contributed by atoms with E-state index in [0.29, 0.717) is 6.04 Å². The quantitative estimate of drug-likeness (QED) is 0.898. The summed E-state index contributed by atoms with van der Waals surface area (Å²) in [6.07, 6.45) is 3.60. The van der Waals surface area contributed by atoms with Crippen molar-refractivity contribution < 1.29 is 0 Å². The van der Waals surface area contributed by atoms with Crippen molar-refractivity contribution in [2.45, 2.75) is 19.5 Å². The normalized spacial score (nSPS) is 12.4. The zero-order chi connectivity index (χ0) is 13.0. The fourth-order valence-corrected chi connectivity index (χ4v) is 2.58. The SMILES string of the molecule is CNCc1cncc(N(C)C(C)c2cccs2)n1. The molecule has 18 heavy (non-hydrogen) atoms. The van der Waals surface area contributed by atoms with Gasteiger partial charge in [-0.3, -0.25) is 4.98 Å². The van der Waals surface area contributed by atoms with E-state index < -0.39 is 0 Å². The fourth-order valence-electron chi connectivity index (χ4n) is 1.75. The number of hydrogen-bond acceptors (Lipinski definition) is 5. The second-order valence-corrected chi connectivity index (χ2v) is 5.18. The van der Waals surface area contributed by atoms with Gasteiger partial charge in [0.1, 0.15) is 5.82 Å². The minimum Gasteiger partial charge on any atom is -0.351 e. The summed E-state index contributed by atoms with van der Waals surface area (Å²) in [5, 5.41) is 5.19. The van der Waals surface area contributed by atoms with Crippen molar-refractivity contribution in [3.8, 4) is 0 Å². The highest BCUT2D eigenvalue weighted by Crippen LogP contribution is 2.26. The first-order chi connectivity index (χ1) is 8.72. The highest BCUT2D eigenvalue weighted by molar-refractivity contribution is 7.10. The Labute approximate surface area is 112 Å². The molecule has 0 saturated heterocycles. The largest absolute Gasteiger partial charge is 0.351 e. The van der Waals surface area contributed by atoms with Crippen LogP contribution in [0, 0.1) is 0 Å². The molecular formula is C13H18N4S. The van der Waals surface area contributed by atoms with E-state index in [1.54, 1.807) is 17.5 Å². The Kier molecular flexibility index (Phi) is 4.28. The van der Waals surface area contributed by atoms with E-state index in [2.05, 4.69) is 51.7 Å². The summed E-state index contributed by atoms with van der Waals surface area (Å²) in [6, 6.07) is 4.54. The third-order valence-corrected chi connectivity index (χ3v) is 3.97. The van der Waals surface area contributed by atoms with Crippen LogP contribution in [0.25, 0.3) is 0 Å². The van der Waals surface area contributed by atoms with E-state index in [9.17, 15) is 0 Å². The van der Waals surface area contributed by atoms with E-state index >= 15 is 0 Å². The van der Waals surface area contributed by atoms with E-state index in [4.69, 9.17) is 0 Å². The Balaban J connectivity index is 2.17. The average molecular weight is 262 g/mol. The summed E-state index contributed by atoms with van der Waals surface area (Å²) in [7, 11) is 3.96. The standard InChI is InChI=1S/C13H18N4S/c1-10(12-5-4-6-18-12)17(3)13-9-15-8-11(16-13)7-14-2/h4-6,8-10,14H,7H2,1-3H3. The monoisotopic (exact) mass is 262 g/mol. The molecule has 2 rings (SSSR count). The van der Waals surface area contributed by atoms with Crippen LogP contribution in [0.5, 0.6) is 0 Å². The van der Waals surface area contributed by atoms with Crippen molar-refractivity contribution in [2.24, 2.45) is 0 Å². The van der Waals surface area contributed by atoms with Crippen molar-refractivity contribution >= 4 is 17.2 Å². The number of anilines is 1. The van der Waals surface area contributed by atoms with Gasteiger partial charge in [0.2, 0.25) is 0 Å². The van der Waals surface area contributed by atoms with Gasteiger partial charge in [-0.05, 0) is 25.4 Å². The second kappa shape index (κ2) is 5.93. The summed E-state index contributed by atoms with van der Waals surface area (Å²) in [5.41, 5.74) is 0.959. The zero-order valence-electron chi connectivity index (χ0n) is 10.9. The molecule has 0 amide bonds. The van der Waals surface area contributed by atoms with E-state index in [-0.39, 0.29) is 0 Å². The summed E-state index contributed by atoms with van der Waals surface area (Å²) in [5.74, 6) is 0.906. The van der Waals surface area contributed by atoms with Gasteiger partial charge in [-0.15, -0.1) is 11.3 Å². The van der Waals surface area contributed by atoms with E-state index in [1.807, 2.05) is 13.2 Å². The molecule has 5 heteroatoms. The summed E-state index contributed by atoms with van der Waals surface area (Å²) < 4.78 is 0. The number of hydrogen-bond donors (Lipinski definition) is 1. The maximum absolute atomic E-state index is 4.60. The highest BCUT2D eigenvalue weighted by Gasteiger charge is 2.14. The maximum Gasteiger partial charge on any atom is 0.147 e. The average Bonchev–Trinajstić information content (AvgIpc) is 2.91. The number of aromatic nitrogens is 2. The first-order valence-electron chi connectivity index (χ1n) is 5.94. The lowest BCUT2D eigenvalue weighted by atomic mass is 10.2. The first kappa shape index (κ1) is 13.0. The molecule has 0 aliphatic carbocycles. The molecule has 2 aromatic rings. The molecular weight excluding hydrogens is 244 g/mol. The smallest absolute Gasteiger partial charge is 0.147 e. The molecule has 96 valence electrons. The molecule has 2 aromatic heterocycles. The molecule has 0 saturated carbocycles. The van der Waals surface area contributed by atoms with Crippen LogP contribution in [-0.4, -0.2) is 24.1 Å². The Morgan fingerprint density at radius 1 is 1.44 bits per heavy atom. The summed E-state index contributed by atoms with van der Waals surface area (Å²) in [6.45, 7) is 2.92. The molecule has 4 nitrogen and oxygen atoms in total. The number of thiophene rings is 1. The molecule has 0 radical (unpaired) electrons. The lowest BCUT2D eigenvalue weighted by molar-refractivity contribution is 0.724. The highest BCUT2D eigenvalue weighted by atomic mass is 32.1. The molecule has 0 spiro atoms. The Morgan fingerprint density at radius 3 is 2.94 bits per heavy atom.